The molecule has 4 heteroatoms. The fraction of sp³-hybridized carbons (Fsp3) is 0.933. The van der Waals surface area contributed by atoms with Gasteiger partial charge in [-0.3, -0.25) is 9.69 Å². The van der Waals surface area contributed by atoms with E-state index in [-0.39, 0.29) is 5.97 Å². The number of esters is 1. The molecular formula is C15H30N2O2. The number of unbranched alkanes of at least 4 members (excludes halogenated alkanes) is 1. The van der Waals surface area contributed by atoms with Gasteiger partial charge >= 0.3 is 5.97 Å². The molecular weight excluding hydrogens is 240 g/mol. The summed E-state index contributed by atoms with van der Waals surface area (Å²) in [7, 11) is 1.47. The Hall–Kier alpha value is -0.610. The van der Waals surface area contributed by atoms with Crippen LogP contribution in [0.3, 0.4) is 0 Å². The van der Waals surface area contributed by atoms with Crippen molar-refractivity contribution in [3.05, 3.63) is 0 Å². The lowest BCUT2D eigenvalue weighted by Gasteiger charge is -2.37. The van der Waals surface area contributed by atoms with Gasteiger partial charge in [0.15, 0.2) is 0 Å². The minimum atomic E-state index is -0.120. The first-order valence-electron chi connectivity index (χ1n) is 7.72. The third-order valence-corrected chi connectivity index (χ3v) is 3.84. The van der Waals surface area contributed by atoms with Crippen LogP contribution in [0.1, 0.15) is 46.0 Å². The number of ether oxygens (including phenoxy) is 1. The van der Waals surface area contributed by atoms with Crippen molar-refractivity contribution in [2.45, 2.75) is 52.0 Å². The molecule has 0 spiro atoms. The summed E-state index contributed by atoms with van der Waals surface area (Å²) in [6, 6.07) is 0.528. The Labute approximate surface area is 117 Å². The summed E-state index contributed by atoms with van der Waals surface area (Å²) in [5.74, 6) is 0.595. The van der Waals surface area contributed by atoms with Crippen molar-refractivity contribution in [2.24, 2.45) is 5.92 Å². The van der Waals surface area contributed by atoms with Gasteiger partial charge in [-0.15, -0.1) is 0 Å². The largest absolute Gasteiger partial charge is 0.468 e. The van der Waals surface area contributed by atoms with Gasteiger partial charge in [0.2, 0.25) is 0 Å². The van der Waals surface area contributed by atoms with Gasteiger partial charge in [0.05, 0.1) is 13.7 Å². The normalized spacial score (nSPS) is 24.4. The highest BCUT2D eigenvalue weighted by atomic mass is 16.5. The minimum Gasteiger partial charge on any atom is -0.468 e. The van der Waals surface area contributed by atoms with Gasteiger partial charge in [-0.2, -0.15) is 0 Å². The molecule has 0 saturated carbocycles. The number of hydrogen-bond acceptors (Lipinski definition) is 4. The number of methoxy groups -OCH3 is 1. The molecule has 0 aromatic rings. The Morgan fingerprint density at radius 3 is 2.74 bits per heavy atom. The summed E-state index contributed by atoms with van der Waals surface area (Å²) in [6.45, 7) is 7.94. The zero-order valence-electron chi connectivity index (χ0n) is 12.8. The van der Waals surface area contributed by atoms with E-state index < -0.39 is 0 Å². The highest BCUT2D eigenvalue weighted by Gasteiger charge is 2.27. The van der Waals surface area contributed by atoms with Crippen molar-refractivity contribution >= 4 is 5.97 Å². The van der Waals surface area contributed by atoms with Crippen molar-refractivity contribution in [3.8, 4) is 0 Å². The van der Waals surface area contributed by atoms with Crippen LogP contribution in [0, 0.1) is 5.92 Å². The smallest absolute Gasteiger partial charge is 0.319 e. The third-order valence-electron chi connectivity index (χ3n) is 3.84. The molecule has 19 heavy (non-hydrogen) atoms. The summed E-state index contributed by atoms with van der Waals surface area (Å²) in [4.78, 5) is 13.7. The maximum Gasteiger partial charge on any atom is 0.319 e. The minimum absolute atomic E-state index is 0.120. The molecule has 0 aliphatic carbocycles. The lowest BCUT2D eigenvalue weighted by Crippen LogP contribution is -2.50. The zero-order valence-corrected chi connectivity index (χ0v) is 12.8. The molecule has 0 aromatic carbocycles. The van der Waals surface area contributed by atoms with Crippen LogP contribution in [0.2, 0.25) is 0 Å². The van der Waals surface area contributed by atoms with Gasteiger partial charge in [-0.1, -0.05) is 26.7 Å². The first-order chi connectivity index (χ1) is 9.19. The number of carbonyl (C=O) groups excluding carboxylic acids is 1. The summed E-state index contributed by atoms with van der Waals surface area (Å²) in [5.41, 5.74) is 0. The van der Waals surface area contributed by atoms with Crippen molar-refractivity contribution in [2.75, 3.05) is 33.3 Å². The van der Waals surface area contributed by atoms with Crippen LogP contribution in [0.5, 0.6) is 0 Å². The highest BCUT2D eigenvalue weighted by Crippen LogP contribution is 2.22. The molecule has 1 aliphatic heterocycles. The van der Waals surface area contributed by atoms with Gasteiger partial charge in [-0.05, 0) is 31.7 Å². The average Bonchev–Trinajstić information content (AvgIpc) is 2.42. The molecule has 2 unspecified atom stereocenters. The molecule has 1 rings (SSSR count). The van der Waals surface area contributed by atoms with Crippen LogP contribution in [-0.4, -0.2) is 50.2 Å². The quantitative estimate of drug-likeness (QED) is 0.685. The lowest BCUT2D eigenvalue weighted by molar-refractivity contribution is -0.142. The van der Waals surface area contributed by atoms with Crippen molar-refractivity contribution < 1.29 is 9.53 Å². The second-order valence-electron chi connectivity index (χ2n) is 5.67. The summed E-state index contributed by atoms with van der Waals surface area (Å²) in [5, 5.41) is 3.61. The Balaban J connectivity index is 2.47. The van der Waals surface area contributed by atoms with E-state index in [1.54, 1.807) is 0 Å². The third kappa shape index (κ3) is 6.39. The van der Waals surface area contributed by atoms with Gasteiger partial charge in [0.1, 0.15) is 0 Å². The lowest BCUT2D eigenvalue weighted by atomic mass is 9.90. The monoisotopic (exact) mass is 270 g/mol. The van der Waals surface area contributed by atoms with Crippen LogP contribution in [0.15, 0.2) is 0 Å². The van der Waals surface area contributed by atoms with E-state index >= 15 is 0 Å². The molecule has 2 atom stereocenters. The number of likely N-dealkylation sites (tertiary alicyclic amines) is 1. The molecule has 4 nitrogen and oxygen atoms in total. The number of nitrogens with zero attached hydrogens (tertiary/aromatic N) is 1. The number of piperidine rings is 1. The summed E-state index contributed by atoms with van der Waals surface area (Å²) < 4.78 is 4.78. The van der Waals surface area contributed by atoms with Crippen LogP contribution in [0.25, 0.3) is 0 Å². The molecule has 0 aromatic heterocycles. The standard InChI is InChI=1S/C15H30N2O2/c1-4-6-7-13-9-14(16-8-5-2)11-17(10-13)12-15(18)19-3/h13-14,16H,4-12H2,1-3H3. The molecule has 0 amide bonds. The molecule has 1 saturated heterocycles. The predicted molar refractivity (Wildman–Crippen MR) is 78.2 cm³/mol. The second kappa shape index (κ2) is 9.32. The number of rotatable bonds is 8. The second-order valence-corrected chi connectivity index (χ2v) is 5.67. The summed E-state index contributed by atoms with van der Waals surface area (Å²) >= 11 is 0. The first-order valence-corrected chi connectivity index (χ1v) is 7.72. The fourth-order valence-electron chi connectivity index (χ4n) is 2.88. The maximum absolute atomic E-state index is 11.4. The molecule has 1 N–H and O–H groups in total. The molecule has 0 bridgehead atoms. The Morgan fingerprint density at radius 2 is 2.11 bits per heavy atom. The number of hydrogen-bond donors (Lipinski definition) is 1. The SMILES string of the molecule is CCCCC1CC(NCCC)CN(CC(=O)OC)C1. The molecule has 1 fully saturated rings. The van der Waals surface area contributed by atoms with Gasteiger partial charge in [-0.25, -0.2) is 0 Å². The molecule has 112 valence electrons. The Bertz CT molecular complexity index is 243. The fourth-order valence-corrected chi connectivity index (χ4v) is 2.88. The van der Waals surface area contributed by atoms with E-state index in [1.807, 2.05) is 0 Å². The van der Waals surface area contributed by atoms with E-state index in [4.69, 9.17) is 4.74 Å². The molecule has 0 radical (unpaired) electrons. The van der Waals surface area contributed by atoms with Gasteiger partial charge in [0, 0.05) is 19.1 Å². The van der Waals surface area contributed by atoms with Crippen LogP contribution >= 0.6 is 0 Å². The molecule has 1 heterocycles. The highest BCUT2D eigenvalue weighted by molar-refractivity contribution is 5.71. The van der Waals surface area contributed by atoms with E-state index in [2.05, 4.69) is 24.1 Å². The molecule has 1 aliphatic rings. The van der Waals surface area contributed by atoms with Crippen LogP contribution < -0.4 is 5.32 Å². The maximum atomic E-state index is 11.4. The van der Waals surface area contributed by atoms with Crippen LogP contribution in [0.4, 0.5) is 0 Å². The zero-order chi connectivity index (χ0) is 14.1. The van der Waals surface area contributed by atoms with Crippen LogP contribution in [-0.2, 0) is 9.53 Å². The van der Waals surface area contributed by atoms with E-state index in [9.17, 15) is 4.79 Å². The number of carbonyl (C=O) groups is 1. The first kappa shape index (κ1) is 16.4. The summed E-state index contributed by atoms with van der Waals surface area (Å²) in [6.07, 6.45) is 6.22. The number of nitrogens with one attached hydrogen (secondary N) is 1. The van der Waals surface area contributed by atoms with Crippen molar-refractivity contribution in [3.63, 3.8) is 0 Å². The van der Waals surface area contributed by atoms with Crippen molar-refractivity contribution in [1.29, 1.82) is 0 Å². The average molecular weight is 270 g/mol. The van der Waals surface area contributed by atoms with Crippen molar-refractivity contribution in [1.82, 2.24) is 10.2 Å². The van der Waals surface area contributed by atoms with Gasteiger partial charge in [0.25, 0.3) is 0 Å². The predicted octanol–water partition coefficient (Wildman–Crippen LogP) is 2.04. The van der Waals surface area contributed by atoms with Gasteiger partial charge < -0.3 is 10.1 Å². The van der Waals surface area contributed by atoms with E-state index in [1.165, 1.54) is 32.8 Å². The van der Waals surface area contributed by atoms with E-state index in [0.29, 0.717) is 18.5 Å². The Kier molecular flexibility index (Phi) is 8.07. The topological polar surface area (TPSA) is 41.6 Å². The Morgan fingerprint density at radius 1 is 1.32 bits per heavy atom. The van der Waals surface area contributed by atoms with E-state index in [0.717, 1.165) is 26.1 Å².